The zero-order valence-corrected chi connectivity index (χ0v) is 12.7. The molecular weight excluding hydrogens is 272 g/mol. The maximum atomic E-state index is 12.8. The lowest BCUT2D eigenvalue weighted by Crippen LogP contribution is -2.54. The number of aliphatic carboxylic acids is 1. The van der Waals surface area contributed by atoms with Crippen molar-refractivity contribution in [3.63, 3.8) is 0 Å². The second-order valence-electron chi connectivity index (χ2n) is 6.34. The van der Waals surface area contributed by atoms with E-state index < -0.39 is 17.9 Å². The van der Waals surface area contributed by atoms with E-state index >= 15 is 0 Å². The summed E-state index contributed by atoms with van der Waals surface area (Å²) in [5.74, 6) is -1.35. The third-order valence-corrected chi connectivity index (χ3v) is 4.41. The Kier molecular flexibility index (Phi) is 4.85. The smallest absolute Gasteiger partial charge is 0.308 e. The van der Waals surface area contributed by atoms with Crippen molar-refractivity contribution in [1.82, 2.24) is 9.80 Å². The highest BCUT2D eigenvalue weighted by Crippen LogP contribution is 2.24. The maximum absolute atomic E-state index is 12.8. The Bertz CT molecular complexity index is 435. The average molecular weight is 296 g/mol. The van der Waals surface area contributed by atoms with Crippen LogP contribution in [0.25, 0.3) is 0 Å². The summed E-state index contributed by atoms with van der Waals surface area (Å²) in [5, 5.41) is 9.14. The Labute approximate surface area is 125 Å². The van der Waals surface area contributed by atoms with Crippen molar-refractivity contribution in [3.8, 4) is 0 Å². The summed E-state index contributed by atoms with van der Waals surface area (Å²) in [6.07, 6.45) is 2.64. The number of piperidine rings is 1. The van der Waals surface area contributed by atoms with Gasteiger partial charge in [0.1, 0.15) is 6.04 Å². The van der Waals surface area contributed by atoms with Gasteiger partial charge in [0.05, 0.1) is 5.92 Å². The fourth-order valence-electron chi connectivity index (χ4n) is 3.31. The minimum Gasteiger partial charge on any atom is -0.481 e. The van der Waals surface area contributed by atoms with E-state index in [-0.39, 0.29) is 24.3 Å². The van der Waals surface area contributed by atoms with Gasteiger partial charge < -0.3 is 14.9 Å². The van der Waals surface area contributed by atoms with Gasteiger partial charge in [-0.05, 0) is 25.2 Å². The van der Waals surface area contributed by atoms with Crippen LogP contribution < -0.4 is 0 Å². The van der Waals surface area contributed by atoms with Crippen molar-refractivity contribution in [3.05, 3.63) is 0 Å². The van der Waals surface area contributed by atoms with Crippen molar-refractivity contribution < 1.29 is 19.5 Å². The van der Waals surface area contributed by atoms with Crippen LogP contribution in [0.1, 0.15) is 39.5 Å². The minimum atomic E-state index is -0.842. The van der Waals surface area contributed by atoms with Crippen molar-refractivity contribution in [1.29, 1.82) is 0 Å². The zero-order valence-electron chi connectivity index (χ0n) is 12.7. The zero-order chi connectivity index (χ0) is 15.6. The van der Waals surface area contributed by atoms with Crippen LogP contribution in [-0.4, -0.2) is 58.4 Å². The van der Waals surface area contributed by atoms with Crippen LogP contribution in [0.4, 0.5) is 0 Å². The second kappa shape index (κ2) is 6.45. The van der Waals surface area contributed by atoms with Crippen molar-refractivity contribution in [2.24, 2.45) is 11.8 Å². The average Bonchev–Trinajstić information content (AvgIpc) is 2.85. The van der Waals surface area contributed by atoms with Gasteiger partial charge in [0, 0.05) is 26.1 Å². The molecular formula is C15H24N2O4. The first-order valence-electron chi connectivity index (χ1n) is 7.73. The molecule has 118 valence electrons. The van der Waals surface area contributed by atoms with Crippen LogP contribution in [0, 0.1) is 11.8 Å². The number of nitrogens with zero attached hydrogens (tertiary/aromatic N) is 2. The number of likely N-dealkylation sites (tertiary alicyclic amines) is 2. The maximum Gasteiger partial charge on any atom is 0.308 e. The summed E-state index contributed by atoms with van der Waals surface area (Å²) in [5.41, 5.74) is 0. The summed E-state index contributed by atoms with van der Waals surface area (Å²) in [6.45, 7) is 5.36. The molecule has 0 aromatic rings. The lowest BCUT2D eigenvalue weighted by molar-refractivity contribution is -0.150. The number of carboxylic acid groups (broad SMARTS) is 1. The third-order valence-electron chi connectivity index (χ3n) is 4.41. The summed E-state index contributed by atoms with van der Waals surface area (Å²) < 4.78 is 0. The Morgan fingerprint density at radius 2 is 1.95 bits per heavy atom. The molecule has 2 amide bonds. The first-order chi connectivity index (χ1) is 9.91. The SMILES string of the molecule is CC(C)C(C(=O)N1CCCC(C(=O)O)C1)N1CCCC1=O. The van der Waals surface area contributed by atoms with Gasteiger partial charge in [-0.2, -0.15) is 0 Å². The van der Waals surface area contributed by atoms with E-state index in [9.17, 15) is 14.4 Å². The van der Waals surface area contributed by atoms with Gasteiger partial charge in [-0.1, -0.05) is 13.8 Å². The highest BCUT2D eigenvalue weighted by Gasteiger charge is 2.39. The molecule has 0 radical (unpaired) electrons. The molecule has 2 aliphatic rings. The fourth-order valence-corrected chi connectivity index (χ4v) is 3.31. The van der Waals surface area contributed by atoms with Crippen LogP contribution >= 0.6 is 0 Å². The van der Waals surface area contributed by atoms with Crippen LogP contribution in [0.2, 0.25) is 0 Å². The summed E-state index contributed by atoms with van der Waals surface area (Å²) in [4.78, 5) is 39.2. The Hall–Kier alpha value is -1.59. The minimum absolute atomic E-state index is 0.0322. The predicted octanol–water partition coefficient (Wildman–Crippen LogP) is 0.957. The van der Waals surface area contributed by atoms with Gasteiger partial charge in [0.15, 0.2) is 0 Å². The van der Waals surface area contributed by atoms with Gasteiger partial charge in [0.25, 0.3) is 0 Å². The Balaban J connectivity index is 2.11. The van der Waals surface area contributed by atoms with Crippen molar-refractivity contribution in [2.75, 3.05) is 19.6 Å². The van der Waals surface area contributed by atoms with E-state index in [4.69, 9.17) is 5.11 Å². The van der Waals surface area contributed by atoms with Crippen molar-refractivity contribution in [2.45, 2.75) is 45.6 Å². The molecule has 2 saturated heterocycles. The third kappa shape index (κ3) is 3.36. The van der Waals surface area contributed by atoms with E-state index in [2.05, 4.69) is 0 Å². The molecule has 2 unspecified atom stereocenters. The molecule has 2 aliphatic heterocycles. The quantitative estimate of drug-likeness (QED) is 0.838. The number of carboxylic acids is 1. The second-order valence-corrected chi connectivity index (χ2v) is 6.34. The molecule has 0 aromatic carbocycles. The van der Waals surface area contributed by atoms with E-state index in [1.54, 1.807) is 9.80 Å². The molecule has 1 N–H and O–H groups in total. The number of amides is 2. The molecule has 2 atom stereocenters. The standard InChI is InChI=1S/C15H24N2O4/c1-10(2)13(17-8-4-6-12(17)18)14(19)16-7-3-5-11(9-16)15(20)21/h10-11,13H,3-9H2,1-2H3,(H,20,21). The lowest BCUT2D eigenvalue weighted by atomic mass is 9.95. The monoisotopic (exact) mass is 296 g/mol. The molecule has 0 aromatic heterocycles. The molecule has 6 nitrogen and oxygen atoms in total. The molecule has 0 saturated carbocycles. The summed E-state index contributed by atoms with van der Waals surface area (Å²) in [6, 6.07) is -0.451. The van der Waals surface area contributed by atoms with Gasteiger partial charge in [-0.15, -0.1) is 0 Å². The number of carbonyl (C=O) groups is 3. The predicted molar refractivity (Wildman–Crippen MR) is 76.5 cm³/mol. The molecule has 2 rings (SSSR count). The van der Waals surface area contributed by atoms with Crippen LogP contribution in [0.3, 0.4) is 0 Å². The van der Waals surface area contributed by atoms with Gasteiger partial charge in [-0.3, -0.25) is 14.4 Å². The van der Waals surface area contributed by atoms with E-state index in [0.717, 1.165) is 6.42 Å². The summed E-state index contributed by atoms with van der Waals surface area (Å²) in [7, 11) is 0. The van der Waals surface area contributed by atoms with E-state index in [1.165, 1.54) is 0 Å². The van der Waals surface area contributed by atoms with E-state index in [1.807, 2.05) is 13.8 Å². The number of carbonyl (C=O) groups excluding carboxylic acids is 2. The topological polar surface area (TPSA) is 77.9 Å². The van der Waals surface area contributed by atoms with E-state index in [0.29, 0.717) is 32.4 Å². The normalized spacial score (nSPS) is 24.5. The Morgan fingerprint density at radius 3 is 2.48 bits per heavy atom. The molecule has 6 heteroatoms. The number of hydrogen-bond donors (Lipinski definition) is 1. The molecule has 0 aliphatic carbocycles. The first-order valence-corrected chi connectivity index (χ1v) is 7.73. The highest BCUT2D eigenvalue weighted by molar-refractivity contribution is 5.89. The van der Waals surface area contributed by atoms with Gasteiger partial charge in [0.2, 0.25) is 11.8 Å². The largest absolute Gasteiger partial charge is 0.481 e. The van der Waals surface area contributed by atoms with Gasteiger partial charge >= 0.3 is 5.97 Å². The lowest BCUT2D eigenvalue weighted by Gasteiger charge is -2.37. The van der Waals surface area contributed by atoms with Crippen LogP contribution in [0.15, 0.2) is 0 Å². The summed E-state index contributed by atoms with van der Waals surface area (Å²) >= 11 is 0. The molecule has 21 heavy (non-hydrogen) atoms. The molecule has 0 bridgehead atoms. The highest BCUT2D eigenvalue weighted by atomic mass is 16.4. The van der Waals surface area contributed by atoms with Gasteiger partial charge in [-0.25, -0.2) is 0 Å². The van der Waals surface area contributed by atoms with Crippen LogP contribution in [0.5, 0.6) is 0 Å². The molecule has 0 spiro atoms. The molecule has 2 fully saturated rings. The Morgan fingerprint density at radius 1 is 1.24 bits per heavy atom. The van der Waals surface area contributed by atoms with Crippen molar-refractivity contribution >= 4 is 17.8 Å². The first kappa shape index (κ1) is 15.8. The van der Waals surface area contributed by atoms with Crippen LogP contribution in [-0.2, 0) is 14.4 Å². The number of hydrogen-bond acceptors (Lipinski definition) is 3. The number of rotatable bonds is 4. The molecule has 2 heterocycles. The fraction of sp³-hybridized carbons (Fsp3) is 0.800.